The Morgan fingerprint density at radius 3 is 2.53 bits per heavy atom. The zero-order chi connectivity index (χ0) is 30.7. The largest absolute Gasteiger partial charge is 0.491 e. The van der Waals surface area contributed by atoms with E-state index >= 15 is 0 Å². The van der Waals surface area contributed by atoms with Gasteiger partial charge in [-0.1, -0.05) is 18.2 Å². The van der Waals surface area contributed by atoms with E-state index < -0.39 is 31.8 Å². The van der Waals surface area contributed by atoms with Crippen molar-refractivity contribution in [2.45, 2.75) is 46.8 Å². The number of hydrogen-bond donors (Lipinski definition) is 4. The van der Waals surface area contributed by atoms with Crippen molar-refractivity contribution in [2.75, 3.05) is 45.6 Å². The number of ether oxygens (including phenoxy) is 2. The summed E-state index contributed by atoms with van der Waals surface area (Å²) in [5.41, 5.74) is 6.80. The highest BCUT2D eigenvalue weighted by Crippen LogP contribution is 2.37. The number of anilines is 1. The van der Waals surface area contributed by atoms with Crippen molar-refractivity contribution < 1.29 is 31.4 Å². The fraction of sp³-hybridized carbons (Fsp3) is 0.414. The van der Waals surface area contributed by atoms with E-state index in [2.05, 4.69) is 15.0 Å². The number of rotatable bonds is 11. The fourth-order valence-electron chi connectivity index (χ4n) is 5.42. The number of aliphatic hydroxyl groups excluding tert-OH is 1. The Hall–Kier alpha value is -3.11. The Morgan fingerprint density at radius 1 is 1.07 bits per heavy atom. The van der Waals surface area contributed by atoms with E-state index in [1.54, 1.807) is 42.6 Å². The average Bonchev–Trinajstić information content (AvgIpc) is 3.41. The van der Waals surface area contributed by atoms with Crippen molar-refractivity contribution in [2.24, 2.45) is 0 Å². The molecule has 2 unspecified atom stereocenters. The lowest BCUT2D eigenvalue weighted by Gasteiger charge is -2.38. The summed E-state index contributed by atoms with van der Waals surface area (Å²) in [4.78, 5) is 4.41. The second kappa shape index (κ2) is 12.9. The molecular formula is C29H37N5O7S2. The molecule has 0 amide bonds. The average molecular weight is 632 g/mol. The molecule has 1 aromatic heterocycles. The third-order valence-corrected chi connectivity index (χ3v) is 11.2. The molecule has 5 rings (SSSR count). The number of hydrogen-bond acceptors (Lipinski definition) is 10. The molecule has 2 saturated heterocycles. The first-order valence-corrected chi connectivity index (χ1v) is 17.0. The van der Waals surface area contributed by atoms with E-state index in [4.69, 9.17) is 15.2 Å². The van der Waals surface area contributed by atoms with Crippen LogP contribution in [-0.2, 0) is 24.8 Å². The van der Waals surface area contributed by atoms with Gasteiger partial charge >= 0.3 is 0 Å². The van der Waals surface area contributed by atoms with Crippen LogP contribution in [0.1, 0.15) is 19.3 Å². The van der Waals surface area contributed by atoms with Crippen LogP contribution < -0.4 is 20.5 Å². The third kappa shape index (κ3) is 7.34. The minimum atomic E-state index is -3.69. The molecule has 232 valence electrons. The Morgan fingerprint density at radius 2 is 1.81 bits per heavy atom. The summed E-state index contributed by atoms with van der Waals surface area (Å²) < 4.78 is 66.5. The van der Waals surface area contributed by atoms with Gasteiger partial charge in [-0.15, -0.1) is 0 Å². The molecule has 43 heavy (non-hydrogen) atoms. The molecule has 0 bridgehead atoms. The van der Waals surface area contributed by atoms with Gasteiger partial charge in [0.15, 0.2) is 0 Å². The summed E-state index contributed by atoms with van der Waals surface area (Å²) in [5.74, 6) is 0.740. The Labute approximate surface area is 252 Å². The van der Waals surface area contributed by atoms with Crippen LogP contribution in [0.25, 0.3) is 11.1 Å². The summed E-state index contributed by atoms with van der Waals surface area (Å²) in [6.07, 6.45) is 2.65. The molecular weight excluding hydrogens is 594 g/mol. The summed E-state index contributed by atoms with van der Waals surface area (Å²) in [7, 11) is -5.95. The molecule has 3 heterocycles. The van der Waals surface area contributed by atoms with Gasteiger partial charge in [-0.05, 0) is 68.3 Å². The molecule has 1 spiro atoms. The molecule has 0 radical (unpaired) electrons. The SMILES string of the molecule is CNS(=O)(=O)c1cccc(OCC(O)CNC2COC3(CCN(S(=O)(=O)c4cccc(-c5ccc(N)nc5)c4)CC3)C2)c1. The Balaban J connectivity index is 1.10. The number of nitrogens with zero attached hydrogens (tertiary/aromatic N) is 2. The maximum absolute atomic E-state index is 13.5. The first-order chi connectivity index (χ1) is 20.5. The molecule has 2 aromatic carbocycles. The van der Waals surface area contributed by atoms with Crippen LogP contribution in [0.5, 0.6) is 5.75 Å². The number of aliphatic hydroxyl groups is 1. The number of benzene rings is 2. The van der Waals surface area contributed by atoms with Gasteiger partial charge in [0.2, 0.25) is 20.0 Å². The van der Waals surface area contributed by atoms with Crippen LogP contribution in [0.3, 0.4) is 0 Å². The van der Waals surface area contributed by atoms with Crippen LogP contribution in [0.4, 0.5) is 5.82 Å². The van der Waals surface area contributed by atoms with Crippen molar-refractivity contribution in [1.82, 2.24) is 19.3 Å². The quantitative estimate of drug-likeness (QED) is 0.243. The minimum absolute atomic E-state index is 0.00658. The molecule has 2 atom stereocenters. The molecule has 2 fully saturated rings. The second-order valence-electron chi connectivity index (χ2n) is 10.9. The van der Waals surface area contributed by atoms with E-state index in [9.17, 15) is 21.9 Å². The van der Waals surface area contributed by atoms with Gasteiger partial charge in [-0.2, -0.15) is 4.31 Å². The Kier molecular flexibility index (Phi) is 9.37. The van der Waals surface area contributed by atoms with Crippen molar-refractivity contribution in [3.05, 3.63) is 66.9 Å². The predicted molar refractivity (Wildman–Crippen MR) is 161 cm³/mol. The van der Waals surface area contributed by atoms with Gasteiger partial charge in [0, 0.05) is 43.5 Å². The summed E-state index contributed by atoms with van der Waals surface area (Å²) in [6, 6.07) is 16.4. The molecule has 14 heteroatoms. The lowest BCUT2D eigenvalue weighted by molar-refractivity contribution is -0.0312. The minimum Gasteiger partial charge on any atom is -0.491 e. The molecule has 3 aromatic rings. The molecule has 0 aliphatic carbocycles. The highest BCUT2D eigenvalue weighted by Gasteiger charge is 2.44. The molecule has 5 N–H and O–H groups in total. The van der Waals surface area contributed by atoms with E-state index in [-0.39, 0.29) is 29.0 Å². The fourth-order valence-corrected chi connectivity index (χ4v) is 7.67. The molecule has 2 aliphatic heterocycles. The second-order valence-corrected chi connectivity index (χ2v) is 14.7. The summed E-state index contributed by atoms with van der Waals surface area (Å²) >= 11 is 0. The summed E-state index contributed by atoms with van der Waals surface area (Å²) in [5, 5.41) is 13.8. The molecule has 12 nitrogen and oxygen atoms in total. The first kappa shape index (κ1) is 31.3. The zero-order valence-electron chi connectivity index (χ0n) is 23.8. The number of pyridine rings is 1. The van der Waals surface area contributed by atoms with E-state index in [0.29, 0.717) is 50.5 Å². The topological polar surface area (TPSA) is 173 Å². The maximum atomic E-state index is 13.5. The van der Waals surface area contributed by atoms with Crippen LogP contribution in [0, 0.1) is 0 Å². The van der Waals surface area contributed by atoms with Gasteiger partial charge < -0.3 is 25.6 Å². The third-order valence-electron chi connectivity index (χ3n) is 7.90. The number of piperidine rings is 1. The predicted octanol–water partition coefficient (Wildman–Crippen LogP) is 1.58. The first-order valence-electron chi connectivity index (χ1n) is 14.0. The van der Waals surface area contributed by atoms with Crippen LogP contribution in [-0.4, -0.2) is 88.9 Å². The van der Waals surface area contributed by atoms with Gasteiger partial charge in [0.05, 0.1) is 22.0 Å². The van der Waals surface area contributed by atoms with Crippen molar-refractivity contribution >= 4 is 25.9 Å². The van der Waals surface area contributed by atoms with Gasteiger partial charge in [0.25, 0.3) is 0 Å². The standard InChI is InChI=1S/C29H37N5O7S2/c1-31-42(36,37)26-6-3-5-25(15-26)40-20-24(35)18-32-23-16-29(41-19-23)10-12-34(13-11-29)43(38,39)27-7-2-4-21(14-27)22-8-9-28(30)33-17-22/h2-9,14-15,17,23-24,31-32,35H,10-13,16,18-20H2,1H3,(H2,30,33). The van der Waals surface area contributed by atoms with Crippen LogP contribution >= 0.6 is 0 Å². The summed E-state index contributed by atoms with van der Waals surface area (Å²) in [6.45, 7) is 1.40. The number of nitrogens with one attached hydrogen (secondary N) is 2. The highest BCUT2D eigenvalue weighted by molar-refractivity contribution is 7.89. The van der Waals surface area contributed by atoms with E-state index in [1.807, 2.05) is 12.1 Å². The zero-order valence-corrected chi connectivity index (χ0v) is 25.5. The van der Waals surface area contributed by atoms with Crippen molar-refractivity contribution in [3.63, 3.8) is 0 Å². The van der Waals surface area contributed by atoms with E-state index in [0.717, 1.165) is 11.1 Å². The monoisotopic (exact) mass is 631 g/mol. The normalized spacial score (nSPS) is 19.8. The Bertz CT molecular complexity index is 1630. The molecule has 2 aliphatic rings. The van der Waals surface area contributed by atoms with Crippen LogP contribution in [0.2, 0.25) is 0 Å². The maximum Gasteiger partial charge on any atom is 0.243 e. The van der Waals surface area contributed by atoms with Gasteiger partial charge in [-0.25, -0.2) is 26.5 Å². The van der Waals surface area contributed by atoms with Crippen molar-refractivity contribution in [3.8, 4) is 16.9 Å². The van der Waals surface area contributed by atoms with Gasteiger partial charge in [-0.3, -0.25) is 0 Å². The molecule has 0 saturated carbocycles. The number of sulfonamides is 2. The number of nitrogen functional groups attached to an aromatic ring is 1. The van der Waals surface area contributed by atoms with Gasteiger partial charge in [0.1, 0.15) is 24.3 Å². The number of nitrogens with two attached hydrogens (primary N) is 1. The van der Waals surface area contributed by atoms with E-state index in [1.165, 1.54) is 23.5 Å². The number of aromatic nitrogens is 1. The lowest BCUT2D eigenvalue weighted by atomic mass is 9.88. The smallest absolute Gasteiger partial charge is 0.243 e. The van der Waals surface area contributed by atoms with Crippen LogP contribution in [0.15, 0.2) is 76.7 Å². The van der Waals surface area contributed by atoms with Crippen molar-refractivity contribution in [1.29, 1.82) is 0 Å². The lowest BCUT2D eigenvalue weighted by Crippen LogP contribution is -2.47. The highest BCUT2D eigenvalue weighted by atomic mass is 32.2.